The minimum absolute atomic E-state index is 0. The first-order chi connectivity index (χ1) is 12.9. The lowest BCUT2D eigenvalue weighted by Crippen LogP contribution is -2.39. The van der Waals surface area contributed by atoms with Crippen molar-refractivity contribution in [2.24, 2.45) is 12.0 Å². The maximum absolute atomic E-state index is 12.2. The summed E-state index contributed by atoms with van der Waals surface area (Å²) in [6.45, 7) is 5.83. The predicted molar refractivity (Wildman–Crippen MR) is 128 cm³/mol. The highest BCUT2D eigenvalue weighted by atomic mass is 127. The van der Waals surface area contributed by atoms with Crippen LogP contribution in [-0.4, -0.2) is 41.5 Å². The van der Waals surface area contributed by atoms with Crippen LogP contribution < -0.4 is 10.6 Å². The highest BCUT2D eigenvalue weighted by Gasteiger charge is 2.10. The van der Waals surface area contributed by atoms with Gasteiger partial charge in [-0.1, -0.05) is 17.7 Å². The van der Waals surface area contributed by atoms with E-state index in [1.807, 2.05) is 58.4 Å². The molecule has 0 saturated carbocycles. The molecule has 0 fully saturated rings. The summed E-state index contributed by atoms with van der Waals surface area (Å²) < 4.78 is 2.08. The lowest BCUT2D eigenvalue weighted by molar-refractivity contribution is -0.116. The smallest absolute Gasteiger partial charge is 0.226 e. The minimum atomic E-state index is -0.0787. The summed E-state index contributed by atoms with van der Waals surface area (Å²) in [6, 6.07) is 9.59. The van der Waals surface area contributed by atoms with Crippen molar-refractivity contribution < 1.29 is 4.79 Å². The van der Waals surface area contributed by atoms with Gasteiger partial charge in [0.15, 0.2) is 5.96 Å². The molecular formula is C20H29ClIN5O. The first-order valence-electron chi connectivity index (χ1n) is 9.07. The molecule has 2 N–H and O–H groups in total. The highest BCUT2D eigenvalue weighted by Crippen LogP contribution is 2.22. The van der Waals surface area contributed by atoms with Crippen molar-refractivity contribution in [1.82, 2.24) is 14.8 Å². The minimum Gasteiger partial charge on any atom is -0.357 e. The van der Waals surface area contributed by atoms with E-state index in [9.17, 15) is 4.79 Å². The Kier molecular flexibility index (Phi) is 10.4. The van der Waals surface area contributed by atoms with Gasteiger partial charge >= 0.3 is 0 Å². The zero-order valence-electron chi connectivity index (χ0n) is 16.8. The molecule has 1 heterocycles. The first-order valence-corrected chi connectivity index (χ1v) is 9.44. The van der Waals surface area contributed by atoms with Gasteiger partial charge in [0.05, 0.1) is 13.1 Å². The number of carbonyl (C=O) groups is 1. The number of aryl methyl sites for hydroxylation is 1. The molecule has 28 heavy (non-hydrogen) atoms. The van der Waals surface area contributed by atoms with Gasteiger partial charge in [-0.3, -0.25) is 9.79 Å². The summed E-state index contributed by atoms with van der Waals surface area (Å²) >= 11 is 6.09. The fourth-order valence-corrected chi connectivity index (χ4v) is 2.84. The van der Waals surface area contributed by atoms with Crippen molar-refractivity contribution in [3.8, 4) is 0 Å². The Bertz CT molecular complexity index is 806. The molecule has 0 unspecified atom stereocenters. The van der Waals surface area contributed by atoms with E-state index in [-0.39, 0.29) is 29.9 Å². The van der Waals surface area contributed by atoms with Crippen LogP contribution in [0, 0.1) is 6.92 Å². The molecule has 1 aromatic carbocycles. The van der Waals surface area contributed by atoms with Crippen molar-refractivity contribution in [2.75, 3.05) is 25.5 Å². The number of hydrogen-bond acceptors (Lipinski definition) is 2. The standard InChI is InChI=1S/C20H28ClN5O.HI/c1-5-22-20(26(4)14-16-8-7-13-25(16)3)23-12-11-19(27)24-18-10-6-9-17(21)15(18)2;/h6-10,13H,5,11-12,14H2,1-4H3,(H,22,23)(H,24,27);1H. The molecule has 1 aromatic heterocycles. The van der Waals surface area contributed by atoms with Crippen LogP contribution in [0.25, 0.3) is 0 Å². The van der Waals surface area contributed by atoms with Crippen molar-refractivity contribution in [3.05, 3.63) is 52.8 Å². The van der Waals surface area contributed by atoms with Gasteiger partial charge in [0.25, 0.3) is 0 Å². The Hall–Kier alpha value is -1.74. The molecule has 8 heteroatoms. The number of hydrogen-bond donors (Lipinski definition) is 2. The van der Waals surface area contributed by atoms with Crippen LogP contribution in [0.4, 0.5) is 5.69 Å². The van der Waals surface area contributed by atoms with Crippen molar-refractivity contribution in [2.45, 2.75) is 26.8 Å². The van der Waals surface area contributed by atoms with Gasteiger partial charge in [-0.25, -0.2) is 0 Å². The second-order valence-corrected chi connectivity index (χ2v) is 6.82. The Morgan fingerprint density at radius 3 is 2.68 bits per heavy atom. The molecule has 154 valence electrons. The van der Waals surface area contributed by atoms with E-state index in [0.717, 1.165) is 30.3 Å². The Morgan fingerprint density at radius 1 is 1.29 bits per heavy atom. The molecule has 2 rings (SSSR count). The normalized spacial score (nSPS) is 11.0. The molecule has 0 spiro atoms. The van der Waals surface area contributed by atoms with Crippen LogP contribution in [0.15, 0.2) is 41.5 Å². The Balaban J connectivity index is 0.00000392. The van der Waals surface area contributed by atoms with Crippen LogP contribution in [0.2, 0.25) is 5.02 Å². The lowest BCUT2D eigenvalue weighted by Gasteiger charge is -2.22. The second-order valence-electron chi connectivity index (χ2n) is 6.41. The lowest BCUT2D eigenvalue weighted by atomic mass is 10.2. The number of benzene rings is 1. The molecule has 0 saturated heterocycles. The number of amides is 1. The number of guanidine groups is 1. The van der Waals surface area contributed by atoms with E-state index in [4.69, 9.17) is 11.6 Å². The van der Waals surface area contributed by atoms with Gasteiger partial charge in [0.2, 0.25) is 5.91 Å². The third-order valence-electron chi connectivity index (χ3n) is 4.29. The number of aromatic nitrogens is 1. The third kappa shape index (κ3) is 7.01. The van der Waals surface area contributed by atoms with Crippen molar-refractivity contribution >= 4 is 53.1 Å². The number of rotatable bonds is 7. The van der Waals surface area contributed by atoms with Gasteiger partial charge < -0.3 is 20.1 Å². The molecule has 0 aliphatic rings. The average Bonchev–Trinajstić information content (AvgIpc) is 3.03. The van der Waals surface area contributed by atoms with Gasteiger partial charge in [-0.15, -0.1) is 24.0 Å². The molecule has 0 aliphatic carbocycles. The van der Waals surface area contributed by atoms with Crippen molar-refractivity contribution in [3.63, 3.8) is 0 Å². The van der Waals surface area contributed by atoms with Gasteiger partial charge in [-0.05, 0) is 43.7 Å². The summed E-state index contributed by atoms with van der Waals surface area (Å²) in [4.78, 5) is 18.9. The molecular weight excluding hydrogens is 489 g/mol. The summed E-state index contributed by atoms with van der Waals surface area (Å²) in [5, 5.41) is 6.81. The van der Waals surface area contributed by atoms with Crippen molar-refractivity contribution in [1.29, 1.82) is 0 Å². The van der Waals surface area contributed by atoms with Crippen LogP contribution in [0.5, 0.6) is 0 Å². The molecule has 0 aliphatic heterocycles. The maximum Gasteiger partial charge on any atom is 0.226 e. The topological polar surface area (TPSA) is 61.7 Å². The van der Waals surface area contributed by atoms with Gasteiger partial charge in [0.1, 0.15) is 0 Å². The number of aliphatic imine (C=N–C) groups is 1. The highest BCUT2D eigenvalue weighted by molar-refractivity contribution is 14.0. The Labute approximate surface area is 189 Å². The number of halogens is 2. The predicted octanol–water partition coefficient (Wildman–Crippen LogP) is 4.03. The summed E-state index contributed by atoms with van der Waals surface area (Å²) in [7, 11) is 4.01. The fraction of sp³-hybridized carbons (Fsp3) is 0.400. The monoisotopic (exact) mass is 517 g/mol. The molecule has 0 radical (unpaired) electrons. The summed E-state index contributed by atoms with van der Waals surface area (Å²) in [5.74, 6) is 0.704. The Morgan fingerprint density at radius 2 is 2.04 bits per heavy atom. The molecule has 0 bridgehead atoms. The largest absolute Gasteiger partial charge is 0.357 e. The van der Waals surface area contributed by atoms with Gasteiger partial charge in [0, 0.05) is 49.7 Å². The molecule has 1 amide bonds. The fourth-order valence-electron chi connectivity index (χ4n) is 2.67. The van der Waals surface area contributed by atoms with E-state index >= 15 is 0 Å². The molecule has 0 atom stereocenters. The van der Waals surface area contributed by atoms with E-state index < -0.39 is 0 Å². The van der Waals surface area contributed by atoms with E-state index in [1.165, 1.54) is 5.69 Å². The number of nitrogens with zero attached hydrogens (tertiary/aromatic N) is 3. The first kappa shape index (κ1) is 24.3. The van der Waals surface area contributed by atoms with E-state index in [2.05, 4.69) is 31.2 Å². The summed E-state index contributed by atoms with van der Waals surface area (Å²) in [5.41, 5.74) is 2.80. The van der Waals surface area contributed by atoms with Crippen LogP contribution in [0.3, 0.4) is 0 Å². The zero-order valence-corrected chi connectivity index (χ0v) is 19.9. The molecule has 6 nitrogen and oxygen atoms in total. The quantitative estimate of drug-likeness (QED) is 0.331. The zero-order chi connectivity index (χ0) is 19.8. The van der Waals surface area contributed by atoms with E-state index in [0.29, 0.717) is 18.0 Å². The maximum atomic E-state index is 12.2. The van der Waals surface area contributed by atoms with Gasteiger partial charge in [-0.2, -0.15) is 0 Å². The van der Waals surface area contributed by atoms with Crippen LogP contribution in [0.1, 0.15) is 24.6 Å². The SMILES string of the molecule is CCNC(=NCCC(=O)Nc1cccc(Cl)c1C)N(C)Cc1cccn1C.I. The molecule has 2 aromatic rings. The third-order valence-corrected chi connectivity index (χ3v) is 4.70. The summed E-state index contributed by atoms with van der Waals surface area (Å²) in [6.07, 6.45) is 2.33. The number of anilines is 1. The number of carbonyl (C=O) groups excluding carboxylic acids is 1. The van der Waals surface area contributed by atoms with Crippen LogP contribution in [-0.2, 0) is 18.4 Å². The van der Waals surface area contributed by atoms with E-state index in [1.54, 1.807) is 0 Å². The number of nitrogens with one attached hydrogen (secondary N) is 2. The second kappa shape index (κ2) is 12.0. The average molecular weight is 518 g/mol. The van der Waals surface area contributed by atoms with Crippen LogP contribution >= 0.6 is 35.6 Å².